The Labute approximate surface area is 214 Å². The predicted octanol–water partition coefficient (Wildman–Crippen LogP) is 4.29. The van der Waals surface area contributed by atoms with Gasteiger partial charge in [0.25, 0.3) is 5.91 Å². The molecule has 194 valence electrons. The Morgan fingerprint density at radius 1 is 0.972 bits per heavy atom. The molecular formula is C28H37N3O4S. The highest BCUT2D eigenvalue weighted by atomic mass is 32.2. The number of carbonyl (C=O) groups excluding carboxylic acids is 1. The Balaban J connectivity index is 1.17. The lowest BCUT2D eigenvalue weighted by Crippen LogP contribution is -2.48. The summed E-state index contributed by atoms with van der Waals surface area (Å²) in [5.41, 5.74) is 3.52. The Morgan fingerprint density at radius 3 is 2.33 bits per heavy atom. The van der Waals surface area contributed by atoms with Crippen LogP contribution in [0.2, 0.25) is 0 Å². The molecule has 1 amide bonds. The molecule has 8 heteroatoms. The fourth-order valence-corrected chi connectivity index (χ4v) is 6.62. The van der Waals surface area contributed by atoms with Crippen molar-refractivity contribution < 1.29 is 17.9 Å². The Hall–Kier alpha value is -2.58. The minimum atomic E-state index is -3.46. The highest BCUT2D eigenvalue weighted by Gasteiger charge is 2.39. The van der Waals surface area contributed by atoms with Gasteiger partial charge in [-0.1, -0.05) is 30.3 Å². The number of rotatable bonds is 5. The molecule has 0 aromatic heterocycles. The fraction of sp³-hybridized carbons (Fsp3) is 0.536. The number of ether oxygens (including phenoxy) is 1. The van der Waals surface area contributed by atoms with Gasteiger partial charge in [0.15, 0.2) is 0 Å². The number of hydrogen-bond donors (Lipinski definition) is 1. The first-order chi connectivity index (χ1) is 17.0. The van der Waals surface area contributed by atoms with E-state index in [-0.39, 0.29) is 16.9 Å². The van der Waals surface area contributed by atoms with E-state index in [4.69, 9.17) is 4.74 Å². The molecule has 1 spiro atoms. The van der Waals surface area contributed by atoms with Crippen molar-refractivity contribution in [3.05, 3.63) is 59.2 Å². The van der Waals surface area contributed by atoms with E-state index in [1.165, 1.54) is 11.1 Å². The van der Waals surface area contributed by atoms with E-state index >= 15 is 0 Å². The van der Waals surface area contributed by atoms with Crippen molar-refractivity contribution in [2.45, 2.75) is 58.1 Å². The standard InChI is InChI=1S/C28H37N3O4S/c1-27(2)19-21-7-6-8-22(25(21)35-27)20-30-15-11-28(12-16-30)13-17-31(18-14-28)26(32)23-9-4-5-10-24(23)29-36(3,33)34/h4-10,29H,11-20H2,1-3H3. The van der Waals surface area contributed by atoms with E-state index in [9.17, 15) is 13.2 Å². The number of likely N-dealkylation sites (tertiary alicyclic amines) is 2. The number of nitrogens with zero attached hydrogens (tertiary/aromatic N) is 2. The van der Waals surface area contributed by atoms with E-state index in [0.717, 1.165) is 63.7 Å². The number of nitrogens with one attached hydrogen (secondary N) is 1. The van der Waals surface area contributed by atoms with Crippen molar-refractivity contribution >= 4 is 21.6 Å². The van der Waals surface area contributed by atoms with Crippen molar-refractivity contribution in [1.82, 2.24) is 9.80 Å². The SMILES string of the molecule is CC1(C)Cc2cccc(CN3CCC4(CC3)CCN(C(=O)c3ccccc3NS(C)(=O)=O)CC4)c2O1. The lowest BCUT2D eigenvalue weighted by Gasteiger charge is -2.47. The number of para-hydroxylation sites is 2. The molecule has 0 saturated carbocycles. The van der Waals surface area contributed by atoms with Gasteiger partial charge in [0.05, 0.1) is 17.5 Å². The molecule has 0 atom stereocenters. The molecule has 0 unspecified atom stereocenters. The van der Waals surface area contributed by atoms with Crippen LogP contribution in [0.25, 0.3) is 0 Å². The van der Waals surface area contributed by atoms with Crippen LogP contribution in [-0.4, -0.2) is 62.2 Å². The van der Waals surface area contributed by atoms with Gasteiger partial charge in [-0.15, -0.1) is 0 Å². The minimum absolute atomic E-state index is 0.102. The maximum Gasteiger partial charge on any atom is 0.255 e. The zero-order chi connectivity index (χ0) is 25.6. The number of amides is 1. The number of fused-ring (bicyclic) bond motifs is 1. The quantitative estimate of drug-likeness (QED) is 0.648. The van der Waals surface area contributed by atoms with Gasteiger partial charge < -0.3 is 9.64 Å². The summed E-state index contributed by atoms with van der Waals surface area (Å²) in [5.74, 6) is 0.982. The van der Waals surface area contributed by atoms with Gasteiger partial charge in [-0.05, 0) is 75.7 Å². The van der Waals surface area contributed by atoms with Gasteiger partial charge in [0.2, 0.25) is 10.0 Å². The van der Waals surface area contributed by atoms with Gasteiger partial charge in [-0.25, -0.2) is 8.42 Å². The van der Waals surface area contributed by atoms with Gasteiger partial charge in [0.1, 0.15) is 11.4 Å². The predicted molar refractivity (Wildman–Crippen MR) is 142 cm³/mol. The molecule has 2 aromatic carbocycles. The molecule has 2 saturated heterocycles. The second kappa shape index (κ2) is 9.38. The first-order valence-electron chi connectivity index (χ1n) is 12.9. The summed E-state index contributed by atoms with van der Waals surface area (Å²) in [5, 5.41) is 0. The molecule has 0 aliphatic carbocycles. The maximum atomic E-state index is 13.2. The minimum Gasteiger partial charge on any atom is -0.487 e. The number of carbonyl (C=O) groups is 1. The maximum absolute atomic E-state index is 13.2. The van der Waals surface area contributed by atoms with E-state index < -0.39 is 10.0 Å². The normalized spacial score (nSPS) is 21.1. The van der Waals surface area contributed by atoms with Crippen molar-refractivity contribution in [2.75, 3.05) is 37.2 Å². The smallest absolute Gasteiger partial charge is 0.255 e. The third-order valence-electron chi connectivity index (χ3n) is 8.05. The highest BCUT2D eigenvalue weighted by Crippen LogP contribution is 2.43. The summed E-state index contributed by atoms with van der Waals surface area (Å²) in [7, 11) is -3.46. The van der Waals surface area contributed by atoms with Crippen LogP contribution in [0.5, 0.6) is 5.75 Å². The first-order valence-corrected chi connectivity index (χ1v) is 14.8. The largest absolute Gasteiger partial charge is 0.487 e. The number of benzene rings is 2. The van der Waals surface area contributed by atoms with Crippen LogP contribution in [-0.2, 0) is 23.0 Å². The number of anilines is 1. The first kappa shape index (κ1) is 25.1. The second-order valence-electron chi connectivity index (χ2n) is 11.4. The van der Waals surface area contributed by atoms with E-state index in [1.54, 1.807) is 24.3 Å². The molecule has 1 N–H and O–H groups in total. The third-order valence-corrected chi connectivity index (χ3v) is 8.64. The average Bonchev–Trinajstić information content (AvgIpc) is 3.15. The Kier molecular flexibility index (Phi) is 6.53. The average molecular weight is 512 g/mol. The van der Waals surface area contributed by atoms with Crippen molar-refractivity contribution in [1.29, 1.82) is 0 Å². The van der Waals surface area contributed by atoms with Crippen LogP contribution in [0, 0.1) is 5.41 Å². The van der Waals surface area contributed by atoms with Gasteiger partial charge in [-0.2, -0.15) is 0 Å². The summed E-state index contributed by atoms with van der Waals surface area (Å²) >= 11 is 0. The van der Waals surface area contributed by atoms with E-state index in [1.807, 2.05) is 4.90 Å². The van der Waals surface area contributed by atoms with Gasteiger partial charge >= 0.3 is 0 Å². The lowest BCUT2D eigenvalue weighted by molar-refractivity contribution is 0.0282. The van der Waals surface area contributed by atoms with Crippen LogP contribution >= 0.6 is 0 Å². The number of piperidine rings is 2. The van der Waals surface area contributed by atoms with Crippen LogP contribution in [0.3, 0.4) is 0 Å². The molecule has 2 aromatic rings. The third kappa shape index (κ3) is 5.39. The van der Waals surface area contributed by atoms with Gasteiger partial charge in [-0.3, -0.25) is 14.4 Å². The molecule has 5 rings (SSSR count). The van der Waals surface area contributed by atoms with Crippen molar-refractivity contribution in [2.24, 2.45) is 5.41 Å². The summed E-state index contributed by atoms with van der Waals surface area (Å²) in [6.07, 6.45) is 6.33. The second-order valence-corrected chi connectivity index (χ2v) is 13.2. The summed E-state index contributed by atoms with van der Waals surface area (Å²) in [6, 6.07) is 13.4. The Morgan fingerprint density at radius 2 is 1.64 bits per heavy atom. The van der Waals surface area contributed by atoms with Crippen LogP contribution in [0.4, 0.5) is 5.69 Å². The molecule has 3 aliphatic heterocycles. The van der Waals surface area contributed by atoms with Crippen molar-refractivity contribution in [3.63, 3.8) is 0 Å². The van der Waals surface area contributed by atoms with E-state index in [2.05, 4.69) is 41.7 Å². The lowest BCUT2D eigenvalue weighted by atomic mass is 9.71. The molecule has 0 bridgehead atoms. The van der Waals surface area contributed by atoms with Crippen LogP contribution < -0.4 is 9.46 Å². The monoisotopic (exact) mass is 511 g/mol. The molecule has 3 aliphatic rings. The number of hydrogen-bond acceptors (Lipinski definition) is 5. The molecule has 0 radical (unpaired) electrons. The zero-order valence-corrected chi connectivity index (χ0v) is 22.4. The Bertz CT molecular complexity index is 1240. The summed E-state index contributed by atoms with van der Waals surface area (Å²) in [6.45, 7) is 8.76. The molecule has 3 heterocycles. The highest BCUT2D eigenvalue weighted by molar-refractivity contribution is 7.92. The molecule has 2 fully saturated rings. The summed E-state index contributed by atoms with van der Waals surface area (Å²) in [4.78, 5) is 17.7. The topological polar surface area (TPSA) is 79.0 Å². The zero-order valence-electron chi connectivity index (χ0n) is 21.5. The number of sulfonamides is 1. The molecular weight excluding hydrogens is 474 g/mol. The van der Waals surface area contributed by atoms with Gasteiger partial charge in [0, 0.05) is 31.6 Å². The molecule has 36 heavy (non-hydrogen) atoms. The van der Waals surface area contributed by atoms with Crippen LogP contribution in [0.1, 0.15) is 61.0 Å². The summed E-state index contributed by atoms with van der Waals surface area (Å²) < 4.78 is 32.2. The van der Waals surface area contributed by atoms with E-state index in [0.29, 0.717) is 24.3 Å². The van der Waals surface area contributed by atoms with Crippen molar-refractivity contribution in [3.8, 4) is 5.75 Å². The van der Waals surface area contributed by atoms with Crippen LogP contribution in [0.15, 0.2) is 42.5 Å². The molecule has 7 nitrogen and oxygen atoms in total. The fourth-order valence-electron chi connectivity index (χ4n) is 6.04.